The van der Waals surface area contributed by atoms with Gasteiger partial charge in [0.2, 0.25) is 0 Å². The van der Waals surface area contributed by atoms with Crippen LogP contribution in [0.25, 0.3) is 0 Å². The van der Waals surface area contributed by atoms with Gasteiger partial charge in [0.15, 0.2) is 6.10 Å². The molecule has 26 heavy (non-hydrogen) atoms. The molecule has 0 saturated carbocycles. The van der Waals surface area contributed by atoms with Crippen LogP contribution in [0.2, 0.25) is 0 Å². The number of benzene rings is 2. The van der Waals surface area contributed by atoms with Crippen molar-refractivity contribution in [1.29, 1.82) is 0 Å². The molecule has 0 radical (unpaired) electrons. The fourth-order valence-corrected chi connectivity index (χ4v) is 2.09. The highest BCUT2D eigenvalue weighted by atomic mass is 19.4. The Morgan fingerprint density at radius 2 is 1.77 bits per heavy atom. The summed E-state index contributed by atoms with van der Waals surface area (Å²) >= 11 is 0. The molecule has 0 bridgehead atoms. The largest absolute Gasteiger partial charge is 0.481 e. The first kappa shape index (κ1) is 19.6. The van der Waals surface area contributed by atoms with Gasteiger partial charge in [-0.2, -0.15) is 13.2 Å². The molecule has 1 atom stereocenters. The molecule has 1 unspecified atom stereocenters. The molecule has 0 aromatic heterocycles. The number of halogens is 6. The third kappa shape index (κ3) is 4.68. The molecule has 0 aliphatic rings. The molecule has 9 heteroatoms. The third-order valence-electron chi connectivity index (χ3n) is 3.37. The molecule has 2 aromatic rings. The van der Waals surface area contributed by atoms with Crippen molar-refractivity contribution in [1.82, 2.24) is 0 Å². The summed E-state index contributed by atoms with van der Waals surface area (Å²) in [7, 11) is 0. The molecular weight excluding hydrogens is 364 g/mol. The summed E-state index contributed by atoms with van der Waals surface area (Å²) in [5.41, 5.74) is -1.84. The van der Waals surface area contributed by atoms with Crippen LogP contribution in [0.1, 0.15) is 18.9 Å². The van der Waals surface area contributed by atoms with Crippen molar-refractivity contribution in [3.63, 3.8) is 0 Å². The van der Waals surface area contributed by atoms with Crippen molar-refractivity contribution in [3.05, 3.63) is 59.4 Å². The van der Waals surface area contributed by atoms with E-state index in [4.69, 9.17) is 4.74 Å². The lowest BCUT2D eigenvalue weighted by Gasteiger charge is -2.18. The predicted molar refractivity (Wildman–Crippen MR) is 81.1 cm³/mol. The molecule has 1 amide bonds. The maximum atomic E-state index is 13.6. The zero-order chi connectivity index (χ0) is 19.5. The summed E-state index contributed by atoms with van der Waals surface area (Å²) in [5, 5.41) is 2.16. The number of amides is 1. The minimum Gasteiger partial charge on any atom is -0.481 e. The molecule has 0 heterocycles. The van der Waals surface area contributed by atoms with Crippen molar-refractivity contribution >= 4 is 11.6 Å². The van der Waals surface area contributed by atoms with Gasteiger partial charge in [-0.1, -0.05) is 6.92 Å². The lowest BCUT2D eigenvalue weighted by Crippen LogP contribution is -2.32. The molecule has 0 aliphatic heterocycles. The van der Waals surface area contributed by atoms with E-state index in [0.717, 1.165) is 18.2 Å². The standard InChI is InChI=1S/C17H13F6NO2/c1-2-15(16(25)24-14-6-3-9(18)7-13(14)20)26-10-4-5-12(19)11(8-10)17(21,22)23/h3-8,15H,2H2,1H3,(H,24,25). The minimum absolute atomic E-state index is 0.0351. The normalized spacial score (nSPS) is 12.6. The van der Waals surface area contributed by atoms with Crippen LogP contribution in [-0.2, 0) is 11.0 Å². The zero-order valence-corrected chi connectivity index (χ0v) is 13.3. The SMILES string of the molecule is CCC(Oc1ccc(F)c(C(F)(F)F)c1)C(=O)Nc1ccc(F)cc1F. The van der Waals surface area contributed by atoms with Crippen LogP contribution in [0.3, 0.4) is 0 Å². The average Bonchev–Trinajstić information content (AvgIpc) is 2.55. The van der Waals surface area contributed by atoms with Crippen molar-refractivity contribution in [2.75, 3.05) is 5.32 Å². The molecule has 0 fully saturated rings. The first-order chi connectivity index (χ1) is 12.1. The van der Waals surface area contributed by atoms with Gasteiger partial charge < -0.3 is 10.1 Å². The van der Waals surface area contributed by atoms with Gasteiger partial charge in [0.1, 0.15) is 23.2 Å². The first-order valence-corrected chi connectivity index (χ1v) is 7.41. The van der Waals surface area contributed by atoms with Crippen LogP contribution in [0.15, 0.2) is 36.4 Å². The average molecular weight is 377 g/mol. The zero-order valence-electron chi connectivity index (χ0n) is 13.3. The van der Waals surface area contributed by atoms with Crippen LogP contribution in [0.4, 0.5) is 32.0 Å². The topological polar surface area (TPSA) is 38.3 Å². The maximum absolute atomic E-state index is 13.6. The molecule has 140 valence electrons. The number of nitrogens with one attached hydrogen (secondary N) is 1. The van der Waals surface area contributed by atoms with Gasteiger partial charge in [0.25, 0.3) is 5.91 Å². The molecule has 3 nitrogen and oxygen atoms in total. The second-order valence-electron chi connectivity index (χ2n) is 5.27. The lowest BCUT2D eigenvalue weighted by atomic mass is 10.2. The van der Waals surface area contributed by atoms with Gasteiger partial charge in [0, 0.05) is 6.07 Å². The molecule has 2 rings (SSSR count). The fraction of sp³-hybridized carbons (Fsp3) is 0.235. The highest BCUT2D eigenvalue weighted by molar-refractivity contribution is 5.94. The Balaban J connectivity index is 2.17. The van der Waals surface area contributed by atoms with E-state index in [1.54, 1.807) is 0 Å². The van der Waals surface area contributed by atoms with E-state index in [-0.39, 0.29) is 17.9 Å². The highest BCUT2D eigenvalue weighted by Crippen LogP contribution is 2.34. The van der Waals surface area contributed by atoms with Gasteiger partial charge >= 0.3 is 6.18 Å². The summed E-state index contributed by atoms with van der Waals surface area (Å²) in [4.78, 5) is 12.1. The highest BCUT2D eigenvalue weighted by Gasteiger charge is 2.34. The Morgan fingerprint density at radius 3 is 2.35 bits per heavy atom. The monoisotopic (exact) mass is 377 g/mol. The van der Waals surface area contributed by atoms with Crippen LogP contribution in [0, 0.1) is 17.5 Å². The van der Waals surface area contributed by atoms with E-state index >= 15 is 0 Å². The van der Waals surface area contributed by atoms with Crippen LogP contribution in [0.5, 0.6) is 5.75 Å². The number of carbonyl (C=O) groups is 1. The van der Waals surface area contributed by atoms with Crippen molar-refractivity contribution < 1.29 is 35.9 Å². The summed E-state index contributed by atoms with van der Waals surface area (Å²) in [6.07, 6.45) is -6.16. The number of carbonyl (C=O) groups excluding carboxylic acids is 1. The fourth-order valence-electron chi connectivity index (χ4n) is 2.09. The van der Waals surface area contributed by atoms with Gasteiger partial charge in [-0.05, 0) is 36.8 Å². The first-order valence-electron chi connectivity index (χ1n) is 7.41. The Labute approximate surface area is 144 Å². The summed E-state index contributed by atoms with van der Waals surface area (Å²) in [6.45, 7) is 1.51. The van der Waals surface area contributed by atoms with E-state index in [2.05, 4.69) is 5.32 Å². The molecular formula is C17H13F6NO2. The maximum Gasteiger partial charge on any atom is 0.419 e. The third-order valence-corrected chi connectivity index (χ3v) is 3.37. The Kier molecular flexibility index (Phi) is 5.79. The number of hydrogen-bond acceptors (Lipinski definition) is 2. The quantitative estimate of drug-likeness (QED) is 0.752. The van der Waals surface area contributed by atoms with Crippen LogP contribution < -0.4 is 10.1 Å². The molecule has 2 aromatic carbocycles. The number of hydrogen-bond donors (Lipinski definition) is 1. The van der Waals surface area contributed by atoms with Crippen molar-refractivity contribution in [2.45, 2.75) is 25.6 Å². The van der Waals surface area contributed by atoms with Crippen molar-refractivity contribution in [2.24, 2.45) is 0 Å². The van der Waals surface area contributed by atoms with Gasteiger partial charge in [-0.3, -0.25) is 4.79 Å². The number of alkyl halides is 3. The molecule has 1 N–H and O–H groups in total. The Hall–Kier alpha value is -2.71. The van der Waals surface area contributed by atoms with E-state index in [0.29, 0.717) is 18.2 Å². The summed E-state index contributed by atoms with van der Waals surface area (Å²) in [6, 6.07) is 4.43. The molecule has 0 aliphatic carbocycles. The number of ether oxygens (including phenoxy) is 1. The lowest BCUT2D eigenvalue weighted by molar-refractivity contribution is -0.140. The van der Waals surface area contributed by atoms with Gasteiger partial charge in [-0.25, -0.2) is 13.2 Å². The predicted octanol–water partition coefficient (Wildman–Crippen LogP) is 4.92. The number of rotatable bonds is 5. The number of anilines is 1. The van der Waals surface area contributed by atoms with E-state index in [9.17, 15) is 31.1 Å². The minimum atomic E-state index is -4.93. The van der Waals surface area contributed by atoms with Crippen molar-refractivity contribution in [3.8, 4) is 5.75 Å². The smallest absolute Gasteiger partial charge is 0.419 e. The van der Waals surface area contributed by atoms with Gasteiger partial charge in [-0.15, -0.1) is 0 Å². The molecule has 0 saturated heterocycles. The summed E-state index contributed by atoms with van der Waals surface area (Å²) in [5.74, 6) is -4.56. The summed E-state index contributed by atoms with van der Waals surface area (Å²) < 4.78 is 83.1. The Bertz CT molecular complexity index is 806. The molecule has 0 spiro atoms. The van der Waals surface area contributed by atoms with E-state index in [1.165, 1.54) is 6.92 Å². The van der Waals surface area contributed by atoms with Gasteiger partial charge in [0.05, 0.1) is 11.3 Å². The van der Waals surface area contributed by atoms with Crippen LogP contribution >= 0.6 is 0 Å². The second kappa shape index (κ2) is 7.67. The second-order valence-corrected chi connectivity index (χ2v) is 5.27. The van der Waals surface area contributed by atoms with E-state index < -0.39 is 41.2 Å². The van der Waals surface area contributed by atoms with E-state index in [1.807, 2.05) is 0 Å². The Morgan fingerprint density at radius 1 is 1.08 bits per heavy atom. The van der Waals surface area contributed by atoms with Crippen LogP contribution in [-0.4, -0.2) is 12.0 Å².